The van der Waals surface area contributed by atoms with E-state index >= 15 is 0 Å². The normalized spacial score (nSPS) is 13.9. The van der Waals surface area contributed by atoms with E-state index in [1.165, 1.54) is 32.4 Å². The Morgan fingerprint density at radius 3 is 2.32 bits per heavy atom. The van der Waals surface area contributed by atoms with Crippen molar-refractivity contribution in [1.29, 1.82) is 0 Å². The van der Waals surface area contributed by atoms with Crippen molar-refractivity contribution in [3.63, 3.8) is 0 Å². The van der Waals surface area contributed by atoms with Crippen LogP contribution in [0.3, 0.4) is 0 Å². The fraction of sp³-hybridized carbons (Fsp3) is 0.375. The van der Waals surface area contributed by atoms with Crippen molar-refractivity contribution in [2.45, 2.75) is 24.9 Å². The zero-order chi connectivity index (χ0) is 27.4. The predicted molar refractivity (Wildman–Crippen MR) is 130 cm³/mol. The highest BCUT2D eigenvalue weighted by molar-refractivity contribution is 7.58. The number of carbonyl (C=O) groups excluding carboxylic acids is 3. The van der Waals surface area contributed by atoms with Crippen LogP contribution >= 0.6 is 7.37 Å². The van der Waals surface area contributed by atoms with Gasteiger partial charge in [-0.3, -0.25) is 4.57 Å². The van der Waals surface area contributed by atoms with E-state index in [4.69, 9.17) is 14.2 Å². The average Bonchev–Trinajstić information content (AvgIpc) is 2.92. The maximum Gasteiger partial charge on any atom is 0.408 e. The van der Waals surface area contributed by atoms with Crippen LogP contribution < -0.4 is 14.8 Å². The monoisotopic (exact) mass is 539 g/mol. The highest BCUT2D eigenvalue weighted by Gasteiger charge is 2.34. The fourth-order valence-electron chi connectivity index (χ4n) is 3.13. The molecule has 13 heteroatoms. The van der Waals surface area contributed by atoms with Gasteiger partial charge in [0.25, 0.3) is 0 Å². The number of aliphatic hydroxyl groups is 1. The summed E-state index contributed by atoms with van der Waals surface area (Å²) in [5, 5.41) is 12.9. The predicted octanol–water partition coefficient (Wildman–Crippen LogP) is 2.37. The second kappa shape index (κ2) is 14.2. The molecular weight excluding hydrogens is 509 g/mol. The fourth-order valence-corrected chi connectivity index (χ4v) is 4.63. The van der Waals surface area contributed by atoms with Crippen molar-refractivity contribution in [2.24, 2.45) is 0 Å². The van der Waals surface area contributed by atoms with Gasteiger partial charge in [0.05, 0.1) is 21.3 Å². The molecule has 0 saturated carbocycles. The highest BCUT2D eigenvalue weighted by Crippen LogP contribution is 2.55. The Balaban J connectivity index is 2.03. The van der Waals surface area contributed by atoms with Gasteiger partial charge in [-0.1, -0.05) is 36.4 Å². The maximum atomic E-state index is 12.9. The molecule has 2 rings (SSSR count). The molecule has 0 aliphatic heterocycles. The minimum absolute atomic E-state index is 0.0398. The van der Waals surface area contributed by atoms with Crippen LogP contribution in [0.2, 0.25) is 0 Å². The second-order valence-corrected chi connectivity index (χ2v) is 10.1. The summed E-state index contributed by atoms with van der Waals surface area (Å²) in [7, 11) is -0.684. The van der Waals surface area contributed by atoms with Crippen LogP contribution in [0.1, 0.15) is 23.4 Å². The van der Waals surface area contributed by atoms with Gasteiger partial charge in [-0.15, -0.1) is 0 Å². The molecule has 0 fully saturated rings. The van der Waals surface area contributed by atoms with Crippen molar-refractivity contribution in [1.82, 2.24) is 5.32 Å². The van der Waals surface area contributed by atoms with E-state index in [1.807, 2.05) is 6.07 Å². The van der Waals surface area contributed by atoms with Gasteiger partial charge in [-0.25, -0.2) is 14.4 Å². The van der Waals surface area contributed by atoms with E-state index in [1.54, 1.807) is 24.3 Å². The molecule has 3 N–H and O–H groups in total. The smallest absolute Gasteiger partial charge is 0.408 e. The molecule has 202 valence electrons. The van der Waals surface area contributed by atoms with Crippen molar-refractivity contribution in [3.8, 4) is 11.5 Å². The average molecular weight is 539 g/mol. The number of carbonyl (C=O) groups is 3. The minimum atomic E-state index is -4.31. The van der Waals surface area contributed by atoms with E-state index < -0.39 is 43.4 Å². The molecule has 0 spiro atoms. The molecule has 1 amide bonds. The Morgan fingerprint density at radius 2 is 1.70 bits per heavy atom. The summed E-state index contributed by atoms with van der Waals surface area (Å²) in [4.78, 5) is 46.1. The first-order chi connectivity index (χ1) is 17.6. The minimum Gasteiger partial charge on any atom is -0.493 e. The number of hydrogen-bond donors (Lipinski definition) is 3. The van der Waals surface area contributed by atoms with Gasteiger partial charge < -0.3 is 39.0 Å². The van der Waals surface area contributed by atoms with Crippen molar-refractivity contribution in [2.75, 3.05) is 34.1 Å². The Morgan fingerprint density at radius 1 is 1.00 bits per heavy atom. The second-order valence-electron chi connectivity index (χ2n) is 7.70. The number of methoxy groups -OCH3 is 3. The number of aliphatic hydroxyl groups excluding tert-OH is 1. The Hall–Kier alpha value is -3.60. The van der Waals surface area contributed by atoms with Gasteiger partial charge in [-0.05, 0) is 29.7 Å². The van der Waals surface area contributed by atoms with Gasteiger partial charge in [0.15, 0.2) is 24.0 Å². The molecule has 0 radical (unpaired) electrons. The van der Waals surface area contributed by atoms with Gasteiger partial charge in [0.2, 0.25) is 7.37 Å². The third-order valence-electron chi connectivity index (χ3n) is 5.17. The van der Waals surface area contributed by atoms with Gasteiger partial charge >= 0.3 is 18.0 Å². The third-order valence-corrected chi connectivity index (χ3v) is 7.13. The molecule has 3 atom stereocenters. The first-order valence-corrected chi connectivity index (χ1v) is 12.9. The van der Waals surface area contributed by atoms with Crippen LogP contribution in [0.25, 0.3) is 0 Å². The summed E-state index contributed by atoms with van der Waals surface area (Å²) in [5.41, 5.74) is 0.769. The van der Waals surface area contributed by atoms with E-state index in [2.05, 4.69) is 14.8 Å². The third kappa shape index (κ3) is 9.09. The molecule has 2 aromatic rings. The Labute approximate surface area is 213 Å². The lowest BCUT2D eigenvalue weighted by atomic mass is 10.2. The molecule has 37 heavy (non-hydrogen) atoms. The first kappa shape index (κ1) is 29.6. The number of nitrogens with one attached hydrogen (secondary N) is 1. The number of ether oxygens (including phenoxy) is 5. The van der Waals surface area contributed by atoms with Gasteiger partial charge in [-0.2, -0.15) is 0 Å². The van der Waals surface area contributed by atoms with Crippen LogP contribution in [0.15, 0.2) is 48.5 Å². The first-order valence-electron chi connectivity index (χ1n) is 11.0. The lowest BCUT2D eigenvalue weighted by Crippen LogP contribution is -2.42. The summed E-state index contributed by atoms with van der Waals surface area (Å²) >= 11 is 0. The molecule has 2 unspecified atom stereocenters. The molecule has 0 heterocycles. The van der Waals surface area contributed by atoms with Crippen molar-refractivity contribution < 1.29 is 52.6 Å². The molecule has 2 aromatic carbocycles. The summed E-state index contributed by atoms with van der Waals surface area (Å²) in [6, 6.07) is 11.6. The van der Waals surface area contributed by atoms with Crippen LogP contribution in [0, 0.1) is 0 Å². The van der Waals surface area contributed by atoms with Crippen molar-refractivity contribution >= 4 is 25.4 Å². The molecule has 0 aromatic heterocycles. The Bertz CT molecular complexity index is 1110. The molecule has 0 aliphatic rings. The summed E-state index contributed by atoms with van der Waals surface area (Å²) < 4.78 is 37.7. The van der Waals surface area contributed by atoms with Crippen molar-refractivity contribution in [3.05, 3.63) is 59.7 Å². The van der Waals surface area contributed by atoms with E-state index in [-0.39, 0.29) is 36.7 Å². The number of alkyl carbamates (subject to hydrolysis) is 1. The SMILES string of the molecule is COC(=O)COc1ccc(C(O)P(=O)(O)CC[C@H](NC(=O)OCc2ccccc2)C(=O)OC)cc1OC. The number of rotatable bonds is 13. The number of amides is 1. The summed E-state index contributed by atoms with van der Waals surface area (Å²) in [6.07, 6.45) is -1.76. The lowest BCUT2D eigenvalue weighted by molar-refractivity contribution is -0.143. The van der Waals surface area contributed by atoms with E-state index in [0.29, 0.717) is 0 Å². The maximum absolute atomic E-state index is 12.9. The van der Waals surface area contributed by atoms with Crippen LogP contribution in [-0.4, -0.2) is 68.2 Å². The van der Waals surface area contributed by atoms with Crippen LogP contribution in [0.5, 0.6) is 11.5 Å². The zero-order valence-electron chi connectivity index (χ0n) is 20.6. The topological polar surface area (TPSA) is 167 Å². The van der Waals surface area contributed by atoms with E-state index in [0.717, 1.165) is 12.7 Å². The number of hydrogen-bond acceptors (Lipinski definition) is 10. The summed E-state index contributed by atoms with van der Waals surface area (Å²) in [6.45, 7) is -0.429. The van der Waals surface area contributed by atoms with Crippen LogP contribution in [0.4, 0.5) is 4.79 Å². The quantitative estimate of drug-likeness (QED) is 0.194. The Kier molecular flexibility index (Phi) is 11.4. The molecule has 0 aliphatic carbocycles. The summed E-state index contributed by atoms with van der Waals surface area (Å²) in [5.74, 6) is -3.04. The largest absolute Gasteiger partial charge is 0.493 e. The highest BCUT2D eigenvalue weighted by atomic mass is 31.2. The number of benzene rings is 2. The molecule has 0 saturated heterocycles. The molecule has 12 nitrogen and oxygen atoms in total. The molecule has 0 bridgehead atoms. The zero-order valence-corrected chi connectivity index (χ0v) is 21.5. The van der Waals surface area contributed by atoms with Gasteiger partial charge in [0, 0.05) is 6.16 Å². The number of esters is 2. The molecular formula is C24H30NO11P. The van der Waals surface area contributed by atoms with Crippen LogP contribution in [-0.2, 0) is 35.0 Å². The van der Waals surface area contributed by atoms with Gasteiger partial charge in [0.1, 0.15) is 12.6 Å². The lowest BCUT2D eigenvalue weighted by Gasteiger charge is -2.22. The standard InChI is InChI=1S/C24H30NO11P/c1-32-20-13-17(9-10-19(20)35-15-21(26)33-2)23(28)37(30,31)12-11-18(22(27)34-3)25-24(29)36-14-16-7-5-4-6-8-16/h4-10,13,18,23,28H,11-12,14-15H2,1-3H3,(H,25,29)(H,30,31)/t18-,23?/m0/s1. The van der Waals surface area contributed by atoms with E-state index in [9.17, 15) is 28.9 Å².